The molecule has 2 amide bonds. The summed E-state index contributed by atoms with van der Waals surface area (Å²) in [7, 11) is 1.54. The molecule has 1 aromatic carbocycles. The molecule has 1 aliphatic rings. The summed E-state index contributed by atoms with van der Waals surface area (Å²) in [5.41, 5.74) is 5.11. The van der Waals surface area contributed by atoms with Gasteiger partial charge in [-0.1, -0.05) is 0 Å². The minimum atomic E-state index is -0.885. The fourth-order valence-electron chi connectivity index (χ4n) is 1.98. The third-order valence-electron chi connectivity index (χ3n) is 3.35. The predicted molar refractivity (Wildman–Crippen MR) is 82.6 cm³/mol. The largest absolute Gasteiger partial charge is 0.492 e. The molecule has 0 unspecified atom stereocenters. The van der Waals surface area contributed by atoms with Crippen LogP contribution >= 0.6 is 12.4 Å². The second-order valence-corrected chi connectivity index (χ2v) is 4.78. The Morgan fingerprint density at radius 2 is 1.86 bits per heavy atom. The lowest BCUT2D eigenvalue weighted by Crippen LogP contribution is -2.38. The number of rotatable bonds is 6. The van der Waals surface area contributed by atoms with E-state index in [1.807, 2.05) is 0 Å². The highest BCUT2D eigenvalue weighted by molar-refractivity contribution is 6.12. The molecule has 0 atom stereocenters. The van der Waals surface area contributed by atoms with Crippen molar-refractivity contribution < 1.29 is 14.3 Å². The maximum absolute atomic E-state index is 12.1. The van der Waals surface area contributed by atoms with Gasteiger partial charge in [-0.2, -0.15) is 0 Å². The maximum Gasteiger partial charge on any atom is 0.240 e. The SMILES string of the molecule is CNC(=O)C1(C(=O)Nc2ccc(OCCN)cc2)CC1.Cl. The van der Waals surface area contributed by atoms with Crippen molar-refractivity contribution in [1.82, 2.24) is 5.32 Å². The average Bonchev–Trinajstić information content (AvgIpc) is 3.27. The Balaban J connectivity index is 0.00000220. The van der Waals surface area contributed by atoms with Crippen LogP contribution in [0.3, 0.4) is 0 Å². The summed E-state index contributed by atoms with van der Waals surface area (Å²) < 4.78 is 5.35. The van der Waals surface area contributed by atoms with E-state index < -0.39 is 5.41 Å². The number of anilines is 1. The number of hydrogen-bond donors (Lipinski definition) is 3. The van der Waals surface area contributed by atoms with Crippen LogP contribution < -0.4 is 21.1 Å². The van der Waals surface area contributed by atoms with Crippen molar-refractivity contribution >= 4 is 29.9 Å². The van der Waals surface area contributed by atoms with E-state index in [9.17, 15) is 9.59 Å². The second-order valence-electron chi connectivity index (χ2n) is 4.78. The van der Waals surface area contributed by atoms with E-state index >= 15 is 0 Å². The predicted octanol–water partition coefficient (Wildman–Crippen LogP) is 0.911. The lowest BCUT2D eigenvalue weighted by atomic mass is 10.1. The topological polar surface area (TPSA) is 93.5 Å². The van der Waals surface area contributed by atoms with E-state index in [1.165, 1.54) is 0 Å². The van der Waals surface area contributed by atoms with E-state index in [2.05, 4.69) is 10.6 Å². The molecule has 1 fully saturated rings. The summed E-state index contributed by atoms with van der Waals surface area (Å²) >= 11 is 0. The molecule has 6 nitrogen and oxygen atoms in total. The Bertz CT molecular complexity index is 501. The van der Waals surface area contributed by atoms with Crippen molar-refractivity contribution in [2.75, 3.05) is 25.5 Å². The normalized spacial score (nSPS) is 14.6. The van der Waals surface area contributed by atoms with Crippen LogP contribution in [0, 0.1) is 5.41 Å². The van der Waals surface area contributed by atoms with Gasteiger partial charge in [0.25, 0.3) is 0 Å². The zero-order valence-corrected chi connectivity index (χ0v) is 12.7. The van der Waals surface area contributed by atoms with Crippen LogP contribution in [-0.2, 0) is 9.59 Å². The summed E-state index contributed by atoms with van der Waals surface area (Å²) in [6, 6.07) is 6.99. The third kappa shape index (κ3) is 3.86. The van der Waals surface area contributed by atoms with Crippen LogP contribution in [0.25, 0.3) is 0 Å². The zero-order valence-electron chi connectivity index (χ0n) is 11.8. The lowest BCUT2D eigenvalue weighted by molar-refractivity contribution is -0.134. The Morgan fingerprint density at radius 3 is 2.33 bits per heavy atom. The monoisotopic (exact) mass is 313 g/mol. The number of carbonyl (C=O) groups is 2. The molecule has 21 heavy (non-hydrogen) atoms. The van der Waals surface area contributed by atoms with Gasteiger partial charge < -0.3 is 21.1 Å². The van der Waals surface area contributed by atoms with Crippen molar-refractivity contribution in [3.8, 4) is 5.75 Å². The molecule has 1 aliphatic carbocycles. The van der Waals surface area contributed by atoms with Crippen molar-refractivity contribution in [2.24, 2.45) is 11.1 Å². The smallest absolute Gasteiger partial charge is 0.240 e. The first-order valence-corrected chi connectivity index (χ1v) is 6.59. The standard InChI is InChI=1S/C14H19N3O3.ClH/c1-16-12(18)14(6-7-14)13(19)17-10-2-4-11(5-3-10)20-9-8-15;/h2-5H,6-9,15H2,1H3,(H,16,18)(H,17,19);1H. The fraction of sp³-hybridized carbons (Fsp3) is 0.429. The molecule has 116 valence electrons. The van der Waals surface area contributed by atoms with E-state index in [-0.39, 0.29) is 24.2 Å². The molecule has 0 heterocycles. The van der Waals surface area contributed by atoms with Gasteiger partial charge in [-0.15, -0.1) is 12.4 Å². The molecule has 1 aromatic rings. The van der Waals surface area contributed by atoms with Crippen LogP contribution in [0.5, 0.6) is 5.75 Å². The molecule has 7 heteroatoms. The summed E-state index contributed by atoms with van der Waals surface area (Å²) in [6.07, 6.45) is 1.19. The van der Waals surface area contributed by atoms with E-state index in [0.717, 1.165) is 0 Å². The number of halogens is 1. The molecule has 0 saturated heterocycles. The molecule has 0 bridgehead atoms. The Kier molecular flexibility index (Phi) is 5.99. The van der Waals surface area contributed by atoms with Crippen LogP contribution in [0.15, 0.2) is 24.3 Å². The Labute approximate surface area is 129 Å². The maximum atomic E-state index is 12.1. The first-order valence-electron chi connectivity index (χ1n) is 6.59. The van der Waals surface area contributed by atoms with Gasteiger partial charge in [0, 0.05) is 19.3 Å². The van der Waals surface area contributed by atoms with Crippen molar-refractivity contribution in [3.05, 3.63) is 24.3 Å². The number of nitrogens with two attached hydrogens (primary N) is 1. The number of carbonyl (C=O) groups excluding carboxylic acids is 2. The minimum absolute atomic E-state index is 0. The quantitative estimate of drug-likeness (QED) is 0.681. The highest BCUT2D eigenvalue weighted by Crippen LogP contribution is 2.46. The average molecular weight is 314 g/mol. The molecule has 0 radical (unpaired) electrons. The van der Waals surface area contributed by atoms with Gasteiger partial charge >= 0.3 is 0 Å². The van der Waals surface area contributed by atoms with Crippen molar-refractivity contribution in [2.45, 2.75) is 12.8 Å². The van der Waals surface area contributed by atoms with Gasteiger partial charge in [-0.05, 0) is 37.1 Å². The van der Waals surface area contributed by atoms with Gasteiger partial charge in [0.15, 0.2) is 0 Å². The fourth-order valence-corrected chi connectivity index (χ4v) is 1.98. The number of amides is 2. The van der Waals surface area contributed by atoms with E-state index in [1.54, 1.807) is 31.3 Å². The molecular weight excluding hydrogens is 294 g/mol. The van der Waals surface area contributed by atoms with Gasteiger partial charge in [0.1, 0.15) is 17.8 Å². The van der Waals surface area contributed by atoms with Crippen LogP contribution in [-0.4, -0.2) is 32.0 Å². The molecule has 1 saturated carbocycles. The molecule has 0 aromatic heterocycles. The van der Waals surface area contributed by atoms with Gasteiger partial charge in [-0.3, -0.25) is 9.59 Å². The highest BCUT2D eigenvalue weighted by atomic mass is 35.5. The van der Waals surface area contributed by atoms with Gasteiger partial charge in [-0.25, -0.2) is 0 Å². The highest BCUT2D eigenvalue weighted by Gasteiger charge is 2.56. The summed E-state index contributed by atoms with van der Waals surface area (Å²) in [6.45, 7) is 0.901. The second kappa shape index (κ2) is 7.28. The Morgan fingerprint density at radius 1 is 1.24 bits per heavy atom. The van der Waals surface area contributed by atoms with Gasteiger partial charge in [0.05, 0.1) is 0 Å². The lowest BCUT2D eigenvalue weighted by Gasteiger charge is -2.14. The molecule has 4 N–H and O–H groups in total. The number of nitrogens with one attached hydrogen (secondary N) is 2. The van der Waals surface area contributed by atoms with Gasteiger partial charge in [0.2, 0.25) is 11.8 Å². The zero-order chi connectivity index (χ0) is 14.6. The van der Waals surface area contributed by atoms with Crippen molar-refractivity contribution in [3.63, 3.8) is 0 Å². The number of ether oxygens (including phenoxy) is 1. The van der Waals surface area contributed by atoms with Crippen LogP contribution in [0.4, 0.5) is 5.69 Å². The first kappa shape index (κ1) is 17.3. The molecular formula is C14H20ClN3O3. The van der Waals surface area contributed by atoms with E-state index in [4.69, 9.17) is 10.5 Å². The number of benzene rings is 1. The Hall–Kier alpha value is -1.79. The molecule has 0 spiro atoms. The third-order valence-corrected chi connectivity index (χ3v) is 3.35. The molecule has 2 rings (SSSR count). The first-order chi connectivity index (χ1) is 9.62. The summed E-state index contributed by atoms with van der Waals surface area (Å²) in [4.78, 5) is 23.8. The molecule has 0 aliphatic heterocycles. The van der Waals surface area contributed by atoms with Crippen molar-refractivity contribution in [1.29, 1.82) is 0 Å². The van der Waals surface area contributed by atoms with Crippen LogP contribution in [0.1, 0.15) is 12.8 Å². The summed E-state index contributed by atoms with van der Waals surface area (Å²) in [5, 5.41) is 5.30. The van der Waals surface area contributed by atoms with E-state index in [0.29, 0.717) is 37.4 Å². The summed E-state index contributed by atoms with van der Waals surface area (Å²) in [5.74, 6) is 0.214. The minimum Gasteiger partial charge on any atom is -0.492 e. The van der Waals surface area contributed by atoms with Crippen LogP contribution in [0.2, 0.25) is 0 Å². The number of hydrogen-bond acceptors (Lipinski definition) is 4.